The monoisotopic (exact) mass is 262 g/mol. The van der Waals surface area contributed by atoms with Crippen LogP contribution in [0.5, 0.6) is 0 Å². The van der Waals surface area contributed by atoms with Crippen LogP contribution in [0, 0.1) is 28.6 Å². The molecule has 0 aromatic rings. The van der Waals surface area contributed by atoms with Crippen LogP contribution in [0.2, 0.25) is 0 Å². The lowest BCUT2D eigenvalue weighted by Crippen LogP contribution is -2.43. The second-order valence-corrected chi connectivity index (χ2v) is 6.75. The van der Waals surface area contributed by atoms with E-state index < -0.39 is 0 Å². The molecule has 0 aliphatic carbocycles. The Balaban J connectivity index is 2.97. The Kier molecular flexibility index (Phi) is 5.62. The summed E-state index contributed by atoms with van der Waals surface area (Å²) in [6.45, 7) is 11.5. The van der Waals surface area contributed by atoms with E-state index in [0.29, 0.717) is 23.3 Å². The quantitative estimate of drug-likeness (QED) is 0.693. The molecule has 0 aromatic heterocycles. The van der Waals surface area contributed by atoms with Gasteiger partial charge in [0.1, 0.15) is 0 Å². The fourth-order valence-electron chi connectivity index (χ4n) is 3.71. The van der Waals surface area contributed by atoms with Gasteiger partial charge in [0.2, 0.25) is 0 Å². The van der Waals surface area contributed by atoms with Gasteiger partial charge in [0.05, 0.1) is 12.1 Å². The zero-order valence-corrected chi connectivity index (χ0v) is 13.5. The van der Waals surface area contributed by atoms with Crippen LogP contribution in [-0.2, 0) is 0 Å². The van der Waals surface area contributed by atoms with E-state index in [1.807, 2.05) is 0 Å². The number of allylic oxidation sites excluding steroid dienone is 1. The summed E-state index contributed by atoms with van der Waals surface area (Å²) in [5.74, 6) is 1.11. The standard InChI is InChI=1S/C17H30N2/c1-7-9-14-11-15(12-18)19(6)16(14)13(3)17(4,5)10-8-2/h7,9,13-16H,8,10-11H2,1-6H3/b9-7-/t13-,14-,15-,16+/m1/s1. The van der Waals surface area contributed by atoms with Crippen molar-refractivity contribution in [3.8, 4) is 6.07 Å². The van der Waals surface area contributed by atoms with Crippen LogP contribution >= 0.6 is 0 Å². The van der Waals surface area contributed by atoms with Crippen molar-refractivity contribution in [3.63, 3.8) is 0 Å². The molecule has 1 rings (SSSR count). The molecule has 2 heteroatoms. The lowest BCUT2D eigenvalue weighted by Gasteiger charge is -2.40. The van der Waals surface area contributed by atoms with Crippen LogP contribution in [0.3, 0.4) is 0 Å². The third-order valence-electron chi connectivity index (χ3n) is 5.12. The van der Waals surface area contributed by atoms with E-state index in [4.69, 9.17) is 0 Å². The average molecular weight is 262 g/mol. The van der Waals surface area contributed by atoms with E-state index in [-0.39, 0.29) is 6.04 Å². The van der Waals surface area contributed by atoms with E-state index in [9.17, 15) is 5.26 Å². The van der Waals surface area contributed by atoms with Gasteiger partial charge in [0.25, 0.3) is 0 Å². The summed E-state index contributed by atoms with van der Waals surface area (Å²) in [5, 5.41) is 9.31. The smallest absolute Gasteiger partial charge is 0.0984 e. The normalized spacial score (nSPS) is 30.7. The van der Waals surface area contributed by atoms with Gasteiger partial charge in [-0.1, -0.05) is 46.3 Å². The first-order chi connectivity index (χ1) is 8.88. The van der Waals surface area contributed by atoms with Crippen molar-refractivity contribution >= 4 is 0 Å². The molecule has 0 N–H and O–H groups in total. The summed E-state index contributed by atoms with van der Waals surface area (Å²) in [4.78, 5) is 2.31. The Hall–Kier alpha value is -0.810. The molecule has 19 heavy (non-hydrogen) atoms. The molecular weight excluding hydrogens is 232 g/mol. The van der Waals surface area contributed by atoms with E-state index >= 15 is 0 Å². The van der Waals surface area contributed by atoms with Crippen LogP contribution in [-0.4, -0.2) is 24.0 Å². The van der Waals surface area contributed by atoms with E-state index in [2.05, 4.69) is 64.8 Å². The summed E-state index contributed by atoms with van der Waals surface area (Å²) in [5.41, 5.74) is 0.331. The van der Waals surface area contributed by atoms with Crippen LogP contribution < -0.4 is 0 Å². The van der Waals surface area contributed by atoms with Gasteiger partial charge in [-0.05, 0) is 44.1 Å². The Labute approximate surface area is 119 Å². The lowest BCUT2D eigenvalue weighted by atomic mass is 9.70. The van der Waals surface area contributed by atoms with E-state index in [1.54, 1.807) is 0 Å². The number of rotatable bonds is 5. The zero-order chi connectivity index (χ0) is 14.6. The SMILES string of the molecule is C/C=C\[C@@H]1C[C@H](C#N)N(C)[C@H]1[C@@H](C)C(C)(C)CCC. The van der Waals surface area contributed by atoms with Crippen LogP contribution in [0.15, 0.2) is 12.2 Å². The highest BCUT2D eigenvalue weighted by Crippen LogP contribution is 2.43. The fourth-order valence-corrected chi connectivity index (χ4v) is 3.71. The predicted molar refractivity (Wildman–Crippen MR) is 81.7 cm³/mol. The number of hydrogen-bond acceptors (Lipinski definition) is 2. The highest BCUT2D eigenvalue weighted by Gasteiger charge is 2.44. The topological polar surface area (TPSA) is 27.0 Å². The molecule has 4 atom stereocenters. The minimum Gasteiger partial charge on any atom is -0.287 e. The predicted octanol–water partition coefficient (Wildman–Crippen LogP) is 4.24. The van der Waals surface area contributed by atoms with E-state index in [0.717, 1.165) is 6.42 Å². The molecular formula is C17H30N2. The van der Waals surface area contributed by atoms with Crippen molar-refractivity contribution in [1.29, 1.82) is 5.26 Å². The molecule has 1 saturated heterocycles. The molecule has 0 bridgehead atoms. The van der Waals surface area contributed by atoms with Crippen LogP contribution in [0.4, 0.5) is 0 Å². The molecule has 0 unspecified atom stereocenters. The first kappa shape index (κ1) is 16.2. The van der Waals surface area contributed by atoms with Crippen LogP contribution in [0.25, 0.3) is 0 Å². The number of nitrogens with zero attached hydrogens (tertiary/aromatic N) is 2. The van der Waals surface area contributed by atoms with Gasteiger partial charge < -0.3 is 0 Å². The third-order valence-corrected chi connectivity index (χ3v) is 5.12. The van der Waals surface area contributed by atoms with Gasteiger partial charge in [-0.15, -0.1) is 0 Å². The molecule has 1 heterocycles. The second kappa shape index (κ2) is 6.57. The largest absolute Gasteiger partial charge is 0.287 e. The third kappa shape index (κ3) is 3.39. The first-order valence-electron chi connectivity index (χ1n) is 7.63. The lowest BCUT2D eigenvalue weighted by molar-refractivity contribution is 0.0928. The number of hydrogen-bond donors (Lipinski definition) is 0. The molecule has 1 aliphatic heterocycles. The minimum atomic E-state index is 0.0751. The molecule has 1 aliphatic rings. The molecule has 2 nitrogen and oxygen atoms in total. The Bertz CT molecular complexity index is 351. The summed E-state index contributed by atoms with van der Waals surface area (Å²) < 4.78 is 0. The van der Waals surface area contributed by atoms with Crippen LogP contribution in [0.1, 0.15) is 53.9 Å². The Morgan fingerprint density at radius 1 is 1.47 bits per heavy atom. The highest BCUT2D eigenvalue weighted by atomic mass is 15.2. The van der Waals surface area contributed by atoms with Crippen molar-refractivity contribution in [1.82, 2.24) is 4.90 Å². The Morgan fingerprint density at radius 3 is 2.58 bits per heavy atom. The minimum absolute atomic E-state index is 0.0751. The van der Waals surface area contributed by atoms with Crippen molar-refractivity contribution < 1.29 is 0 Å². The first-order valence-corrected chi connectivity index (χ1v) is 7.63. The molecule has 0 aromatic carbocycles. The number of nitriles is 1. The molecule has 0 spiro atoms. The van der Waals surface area contributed by atoms with Crippen molar-refractivity contribution in [2.75, 3.05) is 7.05 Å². The van der Waals surface area contributed by atoms with Gasteiger partial charge >= 0.3 is 0 Å². The second-order valence-electron chi connectivity index (χ2n) is 6.75. The summed E-state index contributed by atoms with van der Waals surface area (Å²) in [7, 11) is 2.13. The Morgan fingerprint density at radius 2 is 2.11 bits per heavy atom. The number of likely N-dealkylation sites (tertiary alicyclic amines) is 1. The molecule has 108 valence electrons. The molecule has 0 saturated carbocycles. The molecule has 0 radical (unpaired) electrons. The van der Waals surface area contributed by atoms with Crippen molar-refractivity contribution in [2.24, 2.45) is 17.3 Å². The van der Waals surface area contributed by atoms with Gasteiger partial charge in [-0.25, -0.2) is 0 Å². The summed E-state index contributed by atoms with van der Waals surface area (Å²) >= 11 is 0. The van der Waals surface area contributed by atoms with Gasteiger partial charge in [0, 0.05) is 6.04 Å². The maximum atomic E-state index is 9.31. The molecule has 0 amide bonds. The fraction of sp³-hybridized carbons (Fsp3) is 0.824. The van der Waals surface area contributed by atoms with Gasteiger partial charge in [0.15, 0.2) is 0 Å². The summed E-state index contributed by atoms with van der Waals surface area (Å²) in [6, 6.07) is 3.03. The van der Waals surface area contributed by atoms with Gasteiger partial charge in [-0.3, -0.25) is 4.90 Å². The maximum Gasteiger partial charge on any atom is 0.0984 e. The van der Waals surface area contributed by atoms with Gasteiger partial charge in [-0.2, -0.15) is 5.26 Å². The molecule has 1 fully saturated rings. The average Bonchev–Trinajstić information content (AvgIpc) is 2.65. The maximum absolute atomic E-state index is 9.31. The van der Waals surface area contributed by atoms with E-state index in [1.165, 1.54) is 12.8 Å². The highest BCUT2D eigenvalue weighted by molar-refractivity contribution is 5.10. The zero-order valence-electron chi connectivity index (χ0n) is 13.5. The van der Waals surface area contributed by atoms with Crippen molar-refractivity contribution in [2.45, 2.75) is 66.0 Å². The van der Waals surface area contributed by atoms with Crippen molar-refractivity contribution in [3.05, 3.63) is 12.2 Å². The summed E-state index contributed by atoms with van der Waals surface area (Å²) in [6.07, 6.45) is 7.90.